The fourth-order valence-electron chi connectivity index (χ4n) is 2.58. The Morgan fingerprint density at radius 2 is 1.97 bits per heavy atom. The predicted octanol–water partition coefficient (Wildman–Crippen LogP) is 2.60. The number of hydrogen-bond acceptors (Lipinski definition) is 6. The van der Waals surface area contributed by atoms with Gasteiger partial charge in [-0.25, -0.2) is 8.42 Å². The molecule has 0 spiro atoms. The van der Waals surface area contributed by atoms with E-state index >= 15 is 0 Å². The summed E-state index contributed by atoms with van der Waals surface area (Å²) in [6.07, 6.45) is 2.17. The van der Waals surface area contributed by atoms with Gasteiger partial charge >= 0.3 is 0 Å². The summed E-state index contributed by atoms with van der Waals surface area (Å²) in [7, 11) is -3.67. The molecule has 8 nitrogen and oxygen atoms in total. The number of hydrogen-bond donors (Lipinski definition) is 4. The maximum atomic E-state index is 12.3. The summed E-state index contributed by atoms with van der Waals surface area (Å²) in [6.45, 7) is 1.34. The predicted molar refractivity (Wildman–Crippen MR) is 119 cm³/mol. The lowest BCUT2D eigenvalue weighted by molar-refractivity contribution is 0.0943. The molecule has 1 fully saturated rings. The molecule has 0 saturated carbocycles. The number of sulfonamides is 1. The van der Waals surface area contributed by atoms with E-state index < -0.39 is 15.9 Å². The highest BCUT2D eigenvalue weighted by molar-refractivity contribution is 9.11. The molecule has 1 aromatic carbocycles. The van der Waals surface area contributed by atoms with Gasteiger partial charge in [0.2, 0.25) is 0 Å². The number of thiophene rings is 1. The van der Waals surface area contributed by atoms with E-state index in [4.69, 9.17) is 17.0 Å². The summed E-state index contributed by atoms with van der Waals surface area (Å²) in [6, 6.07) is 9.25. The van der Waals surface area contributed by atoms with Gasteiger partial charge in [-0.3, -0.25) is 20.4 Å². The van der Waals surface area contributed by atoms with E-state index in [2.05, 4.69) is 36.8 Å². The fourth-order valence-corrected chi connectivity index (χ4v) is 5.78. The van der Waals surface area contributed by atoms with E-state index in [0.29, 0.717) is 22.9 Å². The van der Waals surface area contributed by atoms with Crippen LogP contribution in [-0.4, -0.2) is 38.7 Å². The first-order chi connectivity index (χ1) is 13.8. The molecule has 3 rings (SSSR count). The van der Waals surface area contributed by atoms with E-state index in [1.165, 1.54) is 30.3 Å². The van der Waals surface area contributed by atoms with Crippen LogP contribution in [0.1, 0.15) is 23.2 Å². The summed E-state index contributed by atoms with van der Waals surface area (Å²) in [4.78, 5) is 12.2. The van der Waals surface area contributed by atoms with Crippen molar-refractivity contribution in [3.05, 3.63) is 45.7 Å². The van der Waals surface area contributed by atoms with Crippen molar-refractivity contribution >= 4 is 66.2 Å². The van der Waals surface area contributed by atoms with Crippen LogP contribution in [0.5, 0.6) is 0 Å². The summed E-state index contributed by atoms with van der Waals surface area (Å²) in [5.74, 6) is -0.400. The number of amides is 1. The molecule has 156 valence electrons. The van der Waals surface area contributed by atoms with Crippen LogP contribution in [0.3, 0.4) is 0 Å². The van der Waals surface area contributed by atoms with Crippen molar-refractivity contribution in [2.45, 2.75) is 23.2 Å². The Labute approximate surface area is 186 Å². The van der Waals surface area contributed by atoms with Gasteiger partial charge in [-0.1, -0.05) is 0 Å². The first-order valence-corrected chi connectivity index (χ1v) is 12.2. The first kappa shape index (κ1) is 22.0. The van der Waals surface area contributed by atoms with Crippen molar-refractivity contribution in [1.82, 2.24) is 16.2 Å². The third-order valence-electron chi connectivity index (χ3n) is 4.02. The highest BCUT2D eigenvalue weighted by Crippen LogP contribution is 2.27. The Bertz CT molecular complexity index is 973. The second kappa shape index (κ2) is 9.85. The molecule has 2 aromatic rings. The maximum absolute atomic E-state index is 12.3. The van der Waals surface area contributed by atoms with Gasteiger partial charge in [0.25, 0.3) is 15.9 Å². The van der Waals surface area contributed by atoms with Crippen LogP contribution in [0, 0.1) is 0 Å². The zero-order valence-electron chi connectivity index (χ0n) is 15.1. The number of ether oxygens (including phenoxy) is 1. The molecule has 0 aliphatic carbocycles. The highest BCUT2D eigenvalue weighted by atomic mass is 79.9. The smallest absolute Gasteiger partial charge is 0.271 e. The average Bonchev–Trinajstić information content (AvgIpc) is 3.36. The standard InChI is InChI=1S/C17H19BrN4O4S3/c18-14-7-8-15(28-14)29(24,25)22-12-5-3-11(4-6-12)16(23)20-21-17(27)19-10-13-2-1-9-26-13/h3-8,13,22H,1-2,9-10H2,(H,20,23)(H2,19,21,27). The molecule has 1 aliphatic rings. The summed E-state index contributed by atoms with van der Waals surface area (Å²) < 4.78 is 33.5. The van der Waals surface area contributed by atoms with Gasteiger partial charge in [-0.2, -0.15) is 0 Å². The van der Waals surface area contributed by atoms with Gasteiger partial charge in [0.05, 0.1) is 9.89 Å². The molecule has 12 heteroatoms. The third kappa shape index (κ3) is 6.37. The van der Waals surface area contributed by atoms with Crippen LogP contribution >= 0.6 is 39.5 Å². The number of halogens is 1. The van der Waals surface area contributed by atoms with Crippen LogP contribution in [0.2, 0.25) is 0 Å². The zero-order valence-corrected chi connectivity index (χ0v) is 19.1. The Kier molecular flexibility index (Phi) is 7.46. The van der Waals surface area contributed by atoms with E-state index in [0.717, 1.165) is 34.6 Å². The van der Waals surface area contributed by atoms with Gasteiger partial charge in [-0.05, 0) is 77.4 Å². The number of carbonyl (C=O) groups excluding carboxylic acids is 1. The minimum Gasteiger partial charge on any atom is -0.376 e. The third-order valence-corrected chi connectivity index (χ3v) is 7.76. The van der Waals surface area contributed by atoms with Gasteiger partial charge in [-0.15, -0.1) is 11.3 Å². The average molecular weight is 519 g/mol. The SMILES string of the molecule is O=C(NNC(=S)NCC1CCCO1)c1ccc(NS(=O)(=O)c2ccc(Br)s2)cc1. The number of hydrazine groups is 1. The summed E-state index contributed by atoms with van der Waals surface area (Å²) >= 11 is 9.47. The number of anilines is 1. The Balaban J connectivity index is 1.48. The lowest BCUT2D eigenvalue weighted by Crippen LogP contribution is -2.48. The van der Waals surface area contributed by atoms with Crippen molar-refractivity contribution in [3.8, 4) is 0 Å². The molecule has 1 unspecified atom stereocenters. The molecular weight excluding hydrogens is 500 g/mol. The fraction of sp³-hybridized carbons (Fsp3) is 0.294. The Morgan fingerprint density at radius 3 is 2.59 bits per heavy atom. The molecule has 2 heterocycles. The minimum absolute atomic E-state index is 0.136. The van der Waals surface area contributed by atoms with Gasteiger partial charge in [0.15, 0.2) is 5.11 Å². The van der Waals surface area contributed by atoms with Crippen LogP contribution in [0.25, 0.3) is 0 Å². The molecular formula is C17H19BrN4O4S3. The number of thiocarbonyl (C=S) groups is 1. The second-order valence-corrected chi connectivity index (χ2v) is 10.9. The molecule has 4 N–H and O–H groups in total. The molecule has 1 aliphatic heterocycles. The zero-order chi connectivity index (χ0) is 20.9. The van der Waals surface area contributed by atoms with Gasteiger partial charge in [0.1, 0.15) is 4.21 Å². The quantitative estimate of drug-likeness (QED) is 0.343. The molecule has 1 aromatic heterocycles. The van der Waals surface area contributed by atoms with E-state index in [1.807, 2.05) is 0 Å². The van der Waals surface area contributed by atoms with E-state index in [-0.39, 0.29) is 10.3 Å². The van der Waals surface area contributed by atoms with E-state index in [9.17, 15) is 13.2 Å². The van der Waals surface area contributed by atoms with Crippen molar-refractivity contribution in [1.29, 1.82) is 0 Å². The van der Waals surface area contributed by atoms with E-state index in [1.54, 1.807) is 6.07 Å². The number of rotatable bonds is 6. The summed E-state index contributed by atoms with van der Waals surface area (Å²) in [5, 5.41) is 3.28. The topological polar surface area (TPSA) is 109 Å². The molecule has 29 heavy (non-hydrogen) atoms. The number of nitrogens with one attached hydrogen (secondary N) is 4. The van der Waals surface area contributed by atoms with Crippen LogP contribution < -0.4 is 20.9 Å². The summed E-state index contributed by atoms with van der Waals surface area (Å²) in [5.41, 5.74) is 5.83. The number of carbonyl (C=O) groups is 1. The maximum Gasteiger partial charge on any atom is 0.271 e. The van der Waals surface area contributed by atoms with Gasteiger partial charge in [0, 0.05) is 24.4 Å². The van der Waals surface area contributed by atoms with Crippen molar-refractivity contribution < 1.29 is 17.9 Å². The van der Waals surface area contributed by atoms with Crippen LogP contribution in [0.15, 0.2) is 44.4 Å². The lowest BCUT2D eigenvalue weighted by Gasteiger charge is -2.14. The second-order valence-electron chi connectivity index (χ2n) is 6.17. The largest absolute Gasteiger partial charge is 0.376 e. The van der Waals surface area contributed by atoms with Crippen molar-refractivity contribution in [2.75, 3.05) is 17.9 Å². The van der Waals surface area contributed by atoms with Gasteiger partial charge < -0.3 is 10.1 Å². The molecule has 0 bridgehead atoms. The first-order valence-electron chi connectivity index (χ1n) is 8.67. The van der Waals surface area contributed by atoms with Crippen LogP contribution in [0.4, 0.5) is 5.69 Å². The van der Waals surface area contributed by atoms with Crippen molar-refractivity contribution in [3.63, 3.8) is 0 Å². The monoisotopic (exact) mass is 518 g/mol. The normalized spacial score (nSPS) is 16.2. The lowest BCUT2D eigenvalue weighted by atomic mass is 10.2. The molecule has 1 atom stereocenters. The van der Waals surface area contributed by atoms with Crippen LogP contribution in [-0.2, 0) is 14.8 Å². The Hall–Kier alpha value is -1.73. The highest BCUT2D eigenvalue weighted by Gasteiger charge is 2.17. The van der Waals surface area contributed by atoms with Crippen molar-refractivity contribution in [2.24, 2.45) is 0 Å². The molecule has 0 radical (unpaired) electrons. The molecule has 1 saturated heterocycles. The minimum atomic E-state index is -3.67. The Morgan fingerprint density at radius 1 is 1.21 bits per heavy atom. The molecule has 1 amide bonds. The number of benzene rings is 1.